The van der Waals surface area contributed by atoms with E-state index in [2.05, 4.69) is 18.4 Å². The van der Waals surface area contributed by atoms with Crippen LogP contribution in [0.2, 0.25) is 0 Å². The van der Waals surface area contributed by atoms with Crippen LogP contribution in [0.25, 0.3) is 0 Å². The minimum atomic E-state index is -0.239. The molecular weight excluding hydrogens is 210 g/mol. The van der Waals surface area contributed by atoms with Gasteiger partial charge in [-0.25, -0.2) is 0 Å². The average molecular weight is 233 g/mol. The second-order valence-electron chi connectivity index (χ2n) is 5.52. The van der Waals surface area contributed by atoms with E-state index in [4.69, 9.17) is 0 Å². The molecule has 2 aliphatic heterocycles. The Labute approximate surface area is 104 Å². The van der Waals surface area contributed by atoms with Gasteiger partial charge in [-0.15, -0.1) is 0 Å². The van der Waals surface area contributed by atoms with E-state index in [9.17, 15) is 5.11 Å². The normalized spacial score (nSPS) is 23.8. The van der Waals surface area contributed by atoms with Crippen LogP contribution in [0.3, 0.4) is 0 Å². The largest absolute Gasteiger partial charge is 0.388 e. The van der Waals surface area contributed by atoms with Crippen molar-refractivity contribution in [3.63, 3.8) is 0 Å². The summed E-state index contributed by atoms with van der Waals surface area (Å²) in [7, 11) is 0. The molecule has 0 aromatic carbocycles. The van der Waals surface area contributed by atoms with Crippen LogP contribution in [-0.4, -0.2) is 9.67 Å². The number of nitrogens with zero attached hydrogens (tertiary/aromatic N) is 1. The molecule has 2 heteroatoms. The maximum atomic E-state index is 10.3. The van der Waals surface area contributed by atoms with Crippen LogP contribution in [0.15, 0.2) is 0 Å². The zero-order valence-corrected chi connectivity index (χ0v) is 11.0. The Kier molecular flexibility index (Phi) is 2.78. The first-order valence-corrected chi connectivity index (χ1v) is 7.20. The van der Waals surface area contributed by atoms with Gasteiger partial charge in [-0.05, 0) is 50.5 Å². The molecule has 0 bridgehead atoms. The molecule has 17 heavy (non-hydrogen) atoms. The van der Waals surface area contributed by atoms with Crippen molar-refractivity contribution in [1.82, 2.24) is 4.57 Å². The van der Waals surface area contributed by atoms with Crippen LogP contribution in [0.1, 0.15) is 74.2 Å². The molecule has 0 aliphatic carbocycles. The molecule has 3 heterocycles. The van der Waals surface area contributed by atoms with Crippen LogP contribution >= 0.6 is 0 Å². The van der Waals surface area contributed by atoms with Crippen molar-refractivity contribution in [2.24, 2.45) is 0 Å². The fourth-order valence-corrected chi connectivity index (χ4v) is 3.94. The number of aliphatic hydroxyl groups is 1. The molecule has 2 atom stereocenters. The molecule has 0 saturated heterocycles. The van der Waals surface area contributed by atoms with Gasteiger partial charge in [-0.1, -0.05) is 13.8 Å². The molecule has 0 saturated carbocycles. The number of hydrogen-bond acceptors (Lipinski definition) is 1. The highest BCUT2D eigenvalue weighted by molar-refractivity contribution is 5.43. The molecule has 3 rings (SSSR count). The highest BCUT2D eigenvalue weighted by atomic mass is 16.3. The molecule has 2 nitrogen and oxygen atoms in total. The summed E-state index contributed by atoms with van der Waals surface area (Å²) in [6.07, 6.45) is 8.07. The van der Waals surface area contributed by atoms with Crippen molar-refractivity contribution >= 4 is 0 Å². The van der Waals surface area contributed by atoms with E-state index < -0.39 is 0 Å². The number of rotatable bonds is 3. The molecule has 1 aromatic heterocycles. The third-order valence-corrected chi connectivity index (χ3v) is 4.67. The summed E-state index contributed by atoms with van der Waals surface area (Å²) in [6, 6.07) is 0.747. The van der Waals surface area contributed by atoms with Crippen LogP contribution < -0.4 is 0 Å². The lowest BCUT2D eigenvalue weighted by atomic mass is 9.93. The summed E-state index contributed by atoms with van der Waals surface area (Å²) in [5, 5.41) is 10.3. The molecule has 0 amide bonds. The lowest BCUT2D eigenvalue weighted by molar-refractivity contribution is 0.172. The van der Waals surface area contributed by atoms with E-state index >= 15 is 0 Å². The Bertz CT molecular complexity index is 429. The number of aromatic nitrogens is 1. The zero-order chi connectivity index (χ0) is 12.0. The first kappa shape index (κ1) is 11.3. The van der Waals surface area contributed by atoms with Gasteiger partial charge in [-0.3, -0.25) is 0 Å². The van der Waals surface area contributed by atoms with Gasteiger partial charge in [0.25, 0.3) is 0 Å². The molecule has 0 radical (unpaired) electrons. The fraction of sp³-hybridized carbons (Fsp3) is 0.733. The summed E-state index contributed by atoms with van der Waals surface area (Å²) in [4.78, 5) is 0. The van der Waals surface area contributed by atoms with Gasteiger partial charge >= 0.3 is 0 Å². The minimum absolute atomic E-state index is 0.239. The molecule has 1 aromatic rings. The summed E-state index contributed by atoms with van der Waals surface area (Å²) in [5.41, 5.74) is 5.79. The van der Waals surface area contributed by atoms with Gasteiger partial charge in [0.1, 0.15) is 0 Å². The van der Waals surface area contributed by atoms with Crippen molar-refractivity contribution in [2.45, 2.75) is 70.9 Å². The van der Waals surface area contributed by atoms with Gasteiger partial charge in [0.2, 0.25) is 0 Å². The quantitative estimate of drug-likeness (QED) is 0.851. The highest BCUT2D eigenvalue weighted by Crippen LogP contribution is 2.43. The SMILES string of the molecule is CCc1c(C(O)CC)c2n3c1CCC[C@@H]3CC2. The monoisotopic (exact) mass is 233 g/mol. The Balaban J connectivity index is 2.18. The van der Waals surface area contributed by atoms with Crippen molar-refractivity contribution in [1.29, 1.82) is 0 Å². The maximum absolute atomic E-state index is 10.3. The minimum Gasteiger partial charge on any atom is -0.388 e. The Morgan fingerprint density at radius 3 is 2.76 bits per heavy atom. The van der Waals surface area contributed by atoms with E-state index in [0.29, 0.717) is 0 Å². The van der Waals surface area contributed by atoms with Crippen molar-refractivity contribution < 1.29 is 5.11 Å². The van der Waals surface area contributed by atoms with Gasteiger partial charge in [0, 0.05) is 23.0 Å². The van der Waals surface area contributed by atoms with Crippen molar-refractivity contribution in [2.75, 3.05) is 0 Å². The van der Waals surface area contributed by atoms with Gasteiger partial charge in [0.15, 0.2) is 0 Å². The maximum Gasteiger partial charge on any atom is 0.0807 e. The predicted octanol–water partition coefficient (Wildman–Crippen LogP) is 3.32. The molecule has 94 valence electrons. The summed E-state index contributed by atoms with van der Waals surface area (Å²) in [5.74, 6) is 0. The lowest BCUT2D eigenvalue weighted by Crippen LogP contribution is -2.14. The molecule has 1 N–H and O–H groups in total. The van der Waals surface area contributed by atoms with Gasteiger partial charge < -0.3 is 9.67 Å². The molecule has 0 spiro atoms. The van der Waals surface area contributed by atoms with Crippen LogP contribution in [-0.2, 0) is 19.3 Å². The summed E-state index contributed by atoms with van der Waals surface area (Å²) < 4.78 is 2.59. The summed E-state index contributed by atoms with van der Waals surface area (Å²) >= 11 is 0. The second kappa shape index (κ2) is 4.16. The van der Waals surface area contributed by atoms with Gasteiger partial charge in [-0.2, -0.15) is 0 Å². The number of hydrogen-bond donors (Lipinski definition) is 1. The van der Waals surface area contributed by atoms with Crippen LogP contribution in [0.4, 0.5) is 0 Å². The van der Waals surface area contributed by atoms with Gasteiger partial charge in [0.05, 0.1) is 6.10 Å². The zero-order valence-electron chi connectivity index (χ0n) is 11.0. The standard InChI is InChI=1S/C15H23NO/c1-3-11-12-7-5-6-10-8-9-13(16(10)12)15(11)14(17)4-2/h10,14,17H,3-9H2,1-2H3/t10-,14?/m1/s1. The smallest absolute Gasteiger partial charge is 0.0807 e. The van der Waals surface area contributed by atoms with E-state index in [1.54, 1.807) is 5.69 Å². The Morgan fingerprint density at radius 2 is 2.06 bits per heavy atom. The van der Waals surface area contributed by atoms with E-state index in [1.165, 1.54) is 48.9 Å². The number of aliphatic hydroxyl groups excluding tert-OH is 1. The molecular formula is C15H23NO. The Morgan fingerprint density at radius 1 is 1.24 bits per heavy atom. The first-order valence-electron chi connectivity index (χ1n) is 7.20. The summed E-state index contributed by atoms with van der Waals surface area (Å²) in [6.45, 7) is 4.32. The fourth-order valence-electron chi connectivity index (χ4n) is 3.94. The topological polar surface area (TPSA) is 25.2 Å². The molecule has 1 unspecified atom stereocenters. The van der Waals surface area contributed by atoms with Crippen molar-refractivity contribution in [3.8, 4) is 0 Å². The Hall–Kier alpha value is -0.760. The highest BCUT2D eigenvalue weighted by Gasteiger charge is 2.34. The molecule has 0 fully saturated rings. The average Bonchev–Trinajstić information content (AvgIpc) is 2.92. The van der Waals surface area contributed by atoms with Crippen LogP contribution in [0, 0.1) is 0 Å². The lowest BCUT2D eigenvalue weighted by Gasteiger charge is -2.23. The third kappa shape index (κ3) is 1.50. The van der Waals surface area contributed by atoms with E-state index in [-0.39, 0.29) is 6.10 Å². The van der Waals surface area contributed by atoms with Crippen molar-refractivity contribution in [3.05, 3.63) is 22.5 Å². The van der Waals surface area contributed by atoms with E-state index in [0.717, 1.165) is 18.9 Å². The third-order valence-electron chi connectivity index (χ3n) is 4.67. The van der Waals surface area contributed by atoms with E-state index in [1.807, 2.05) is 0 Å². The second-order valence-corrected chi connectivity index (χ2v) is 5.52. The predicted molar refractivity (Wildman–Crippen MR) is 69.4 cm³/mol. The van der Waals surface area contributed by atoms with Crippen LogP contribution in [0.5, 0.6) is 0 Å². The first-order chi connectivity index (χ1) is 8.27. The molecule has 2 aliphatic rings.